The maximum Gasteiger partial charge on any atom is 0.152 e. The van der Waals surface area contributed by atoms with Gasteiger partial charge in [0.25, 0.3) is 0 Å². The van der Waals surface area contributed by atoms with Crippen molar-refractivity contribution in [2.45, 2.75) is 38.6 Å². The third-order valence-corrected chi connectivity index (χ3v) is 6.30. The van der Waals surface area contributed by atoms with Gasteiger partial charge in [-0.05, 0) is 41.8 Å². The lowest BCUT2D eigenvalue weighted by atomic mass is 9.75. The Bertz CT molecular complexity index is 956. The van der Waals surface area contributed by atoms with Crippen LogP contribution in [0.4, 0.5) is 11.6 Å². The summed E-state index contributed by atoms with van der Waals surface area (Å²) in [6, 6.07) is 6.12. The Morgan fingerprint density at radius 1 is 1.14 bits per heavy atom. The minimum atomic E-state index is 0.610. The lowest BCUT2D eigenvalue weighted by Crippen LogP contribution is -2.42. The molecule has 0 bridgehead atoms. The second kappa shape index (κ2) is 7.45. The lowest BCUT2D eigenvalue weighted by Gasteiger charge is -2.41. The Labute approximate surface area is 166 Å². The Hall–Kier alpha value is -2.57. The van der Waals surface area contributed by atoms with Crippen LogP contribution < -0.4 is 15.7 Å². The number of nitrogens with zero attached hydrogens (tertiary/aromatic N) is 5. The van der Waals surface area contributed by atoms with Crippen molar-refractivity contribution in [2.24, 2.45) is 11.8 Å². The van der Waals surface area contributed by atoms with E-state index in [9.17, 15) is 0 Å². The molecule has 28 heavy (non-hydrogen) atoms. The van der Waals surface area contributed by atoms with Gasteiger partial charge in [0, 0.05) is 44.3 Å². The molecule has 0 aromatic carbocycles. The zero-order valence-corrected chi connectivity index (χ0v) is 16.1. The van der Waals surface area contributed by atoms with Crippen molar-refractivity contribution in [1.29, 1.82) is 0 Å². The molecule has 5 rings (SSSR count). The van der Waals surface area contributed by atoms with E-state index in [1.54, 1.807) is 16.9 Å². The van der Waals surface area contributed by atoms with Crippen molar-refractivity contribution in [3.05, 3.63) is 42.4 Å². The molecule has 1 aliphatic carbocycles. The molecule has 1 saturated carbocycles. The summed E-state index contributed by atoms with van der Waals surface area (Å²) in [5.74, 6) is 3.61. The highest BCUT2D eigenvalue weighted by Crippen LogP contribution is 2.37. The Morgan fingerprint density at radius 3 is 2.89 bits per heavy atom. The molecule has 0 amide bonds. The molecule has 2 atom stereocenters. The van der Waals surface area contributed by atoms with E-state index in [0.29, 0.717) is 12.0 Å². The van der Waals surface area contributed by atoms with Crippen molar-refractivity contribution >= 4 is 30.6 Å². The smallest absolute Gasteiger partial charge is 0.152 e. The van der Waals surface area contributed by atoms with Crippen LogP contribution >= 0.6 is 0 Å². The molecule has 3 aromatic heterocycles. The summed E-state index contributed by atoms with van der Waals surface area (Å²) in [6.45, 7) is 2.85. The number of anilines is 2. The van der Waals surface area contributed by atoms with Gasteiger partial charge in [-0.2, -0.15) is 9.61 Å². The van der Waals surface area contributed by atoms with Crippen LogP contribution in [0.5, 0.6) is 0 Å². The van der Waals surface area contributed by atoms with Crippen molar-refractivity contribution < 1.29 is 0 Å². The highest BCUT2D eigenvalue weighted by atomic mass is 15.3. The largest absolute Gasteiger partial charge is 0.366 e. The fraction of sp³-hybridized carbons (Fsp3) is 0.476. The second-order valence-corrected chi connectivity index (χ2v) is 8.09. The van der Waals surface area contributed by atoms with E-state index >= 15 is 0 Å². The third kappa shape index (κ3) is 3.34. The topological polar surface area (TPSA) is 58.4 Å². The molecule has 0 spiro atoms. The zero-order chi connectivity index (χ0) is 18.9. The molecule has 2 unspecified atom stereocenters. The first-order valence-corrected chi connectivity index (χ1v) is 10.3. The van der Waals surface area contributed by atoms with Crippen LogP contribution in [0.3, 0.4) is 0 Å². The van der Waals surface area contributed by atoms with Gasteiger partial charge in [-0.25, -0.2) is 4.98 Å². The first kappa shape index (κ1) is 17.5. The number of rotatable bonds is 4. The fourth-order valence-electron chi connectivity index (χ4n) is 4.76. The predicted molar refractivity (Wildman–Crippen MR) is 112 cm³/mol. The highest BCUT2D eigenvalue weighted by molar-refractivity contribution is 6.36. The number of aromatic nitrogens is 4. The molecular weight excluding hydrogens is 347 g/mol. The second-order valence-electron chi connectivity index (χ2n) is 8.09. The summed E-state index contributed by atoms with van der Waals surface area (Å²) < 4.78 is 1.79. The Kier molecular flexibility index (Phi) is 4.67. The molecule has 6 nitrogen and oxygen atoms in total. The Morgan fingerprint density at radius 2 is 2.04 bits per heavy atom. The number of piperidine rings is 1. The van der Waals surface area contributed by atoms with Crippen molar-refractivity contribution in [1.82, 2.24) is 19.6 Å². The first-order valence-electron chi connectivity index (χ1n) is 10.3. The maximum atomic E-state index is 6.15. The number of fused-ring (bicyclic) bond motifs is 2. The van der Waals surface area contributed by atoms with Gasteiger partial charge in [-0.1, -0.05) is 25.3 Å². The summed E-state index contributed by atoms with van der Waals surface area (Å²) in [6.07, 6.45) is 12.1. The predicted octanol–water partition coefficient (Wildman–Crippen LogP) is 2.55. The van der Waals surface area contributed by atoms with Gasteiger partial charge in [-0.15, -0.1) is 0 Å². The van der Waals surface area contributed by atoms with Gasteiger partial charge in [0.15, 0.2) is 5.65 Å². The average molecular weight is 372 g/mol. The molecule has 4 heterocycles. The van der Waals surface area contributed by atoms with Gasteiger partial charge in [0.05, 0.1) is 0 Å². The summed E-state index contributed by atoms with van der Waals surface area (Å²) in [7, 11) is 6.15. The van der Waals surface area contributed by atoms with Gasteiger partial charge in [0.1, 0.15) is 19.5 Å². The molecule has 1 saturated heterocycles. The first-order chi connectivity index (χ1) is 13.8. The summed E-state index contributed by atoms with van der Waals surface area (Å²) in [4.78, 5) is 11.5. The van der Waals surface area contributed by atoms with Crippen LogP contribution in [0.1, 0.15) is 37.7 Å². The summed E-state index contributed by atoms with van der Waals surface area (Å²) in [5, 5.41) is 7.91. The van der Waals surface area contributed by atoms with E-state index in [0.717, 1.165) is 47.8 Å². The normalized spacial score (nSPS) is 22.2. The molecule has 2 aliphatic rings. The minimum Gasteiger partial charge on any atom is -0.366 e. The molecule has 1 N–H and O–H groups in total. The van der Waals surface area contributed by atoms with Gasteiger partial charge >= 0.3 is 0 Å². The highest BCUT2D eigenvalue weighted by Gasteiger charge is 2.31. The van der Waals surface area contributed by atoms with E-state index in [1.807, 2.05) is 12.3 Å². The van der Waals surface area contributed by atoms with Crippen molar-refractivity contribution in [3.8, 4) is 0 Å². The number of hydrogen-bond acceptors (Lipinski definition) is 5. The Balaban J connectivity index is 1.43. The molecule has 142 valence electrons. The number of hydrogen-bond donors (Lipinski definition) is 1. The average Bonchev–Trinajstić information content (AvgIpc) is 3.13. The zero-order valence-electron chi connectivity index (χ0n) is 16.1. The number of pyridine rings is 1. The van der Waals surface area contributed by atoms with E-state index < -0.39 is 0 Å². The summed E-state index contributed by atoms with van der Waals surface area (Å²) >= 11 is 0. The lowest BCUT2D eigenvalue weighted by molar-refractivity contribution is 0.202. The van der Waals surface area contributed by atoms with E-state index in [1.165, 1.54) is 32.1 Å². The third-order valence-electron chi connectivity index (χ3n) is 6.30. The van der Waals surface area contributed by atoms with Crippen LogP contribution in [-0.4, -0.2) is 40.5 Å². The fourth-order valence-corrected chi connectivity index (χ4v) is 4.76. The molecule has 2 fully saturated rings. The van der Waals surface area contributed by atoms with Crippen LogP contribution in [0, 0.1) is 11.8 Å². The molecule has 2 radical (unpaired) electrons. The SMILES string of the molecule is [B]c1cnn2c(NCc3cccnc3)cc(N3CCC4CCCCC4C3)nc12. The summed E-state index contributed by atoms with van der Waals surface area (Å²) in [5.41, 5.74) is 2.45. The molecular formula is C21H25BN6. The molecule has 7 heteroatoms. The van der Waals surface area contributed by atoms with Crippen molar-refractivity contribution in [3.63, 3.8) is 0 Å². The van der Waals surface area contributed by atoms with E-state index in [-0.39, 0.29) is 0 Å². The van der Waals surface area contributed by atoms with E-state index in [4.69, 9.17) is 12.8 Å². The molecule has 1 aliphatic heterocycles. The van der Waals surface area contributed by atoms with Gasteiger partial charge in [0.2, 0.25) is 0 Å². The van der Waals surface area contributed by atoms with Gasteiger partial charge in [-0.3, -0.25) is 4.98 Å². The van der Waals surface area contributed by atoms with E-state index in [2.05, 4.69) is 32.4 Å². The van der Waals surface area contributed by atoms with Crippen LogP contribution in [0.25, 0.3) is 5.65 Å². The van der Waals surface area contributed by atoms with Crippen LogP contribution in [0.2, 0.25) is 0 Å². The minimum absolute atomic E-state index is 0.610. The number of nitrogens with one attached hydrogen (secondary N) is 1. The van der Waals surface area contributed by atoms with Gasteiger partial charge < -0.3 is 10.2 Å². The van der Waals surface area contributed by atoms with Crippen LogP contribution in [0.15, 0.2) is 36.8 Å². The van der Waals surface area contributed by atoms with Crippen molar-refractivity contribution in [2.75, 3.05) is 23.3 Å². The quantitative estimate of drug-likeness (QED) is 0.714. The monoisotopic (exact) mass is 372 g/mol. The molecule has 3 aromatic rings. The maximum absolute atomic E-state index is 6.15. The van der Waals surface area contributed by atoms with Crippen LogP contribution in [-0.2, 0) is 6.54 Å². The standard InChI is InChI=1S/C21H25BN6/c22-18-13-25-28-19(24-12-15-4-3-8-23-11-15)10-20(26-21(18)28)27-9-7-16-5-1-2-6-17(16)14-27/h3-4,8,10-11,13,16-17,24H,1-2,5-7,9,12,14H2.